The molecule has 86 valence electrons. The molecule has 0 aromatic carbocycles. The Hall–Kier alpha value is -0.730. The van der Waals surface area contributed by atoms with Crippen LogP contribution in [0.25, 0.3) is 0 Å². The maximum atomic E-state index is 11.3. The first-order valence-corrected chi connectivity index (χ1v) is 5.91. The number of carbonyl (C=O) groups excluding carboxylic acids is 1. The molecule has 0 aromatic rings. The summed E-state index contributed by atoms with van der Waals surface area (Å²) in [7, 11) is 0. The molecule has 1 aliphatic heterocycles. The fraction of sp³-hybridized carbons (Fsp3) is 0.917. The molecule has 3 nitrogen and oxygen atoms in total. The predicted molar refractivity (Wildman–Crippen MR) is 58.6 cm³/mol. The lowest BCUT2D eigenvalue weighted by Gasteiger charge is -2.45. The second-order valence-electron chi connectivity index (χ2n) is 5.97. The molecule has 1 amide bonds. The Labute approximate surface area is 91.6 Å². The van der Waals surface area contributed by atoms with Gasteiger partial charge >= 0.3 is 6.09 Å². The second-order valence-corrected chi connectivity index (χ2v) is 5.97. The highest BCUT2D eigenvalue weighted by molar-refractivity contribution is 5.70. The smallest absolute Gasteiger partial charge is 0.407 e. The van der Waals surface area contributed by atoms with Crippen LogP contribution >= 0.6 is 0 Å². The van der Waals surface area contributed by atoms with Crippen molar-refractivity contribution in [1.29, 1.82) is 0 Å². The van der Waals surface area contributed by atoms with Gasteiger partial charge < -0.3 is 10.1 Å². The number of nitrogens with one attached hydrogen (secondary N) is 1. The number of carbonyl (C=O) groups is 1. The van der Waals surface area contributed by atoms with E-state index < -0.39 is 0 Å². The van der Waals surface area contributed by atoms with E-state index >= 15 is 0 Å². The summed E-state index contributed by atoms with van der Waals surface area (Å²) in [5.41, 5.74) is 0.000301. The highest BCUT2D eigenvalue weighted by Crippen LogP contribution is 2.47. The predicted octanol–water partition coefficient (Wildman–Crippen LogP) is 2.70. The van der Waals surface area contributed by atoms with E-state index in [-0.39, 0.29) is 17.1 Å². The molecule has 15 heavy (non-hydrogen) atoms. The lowest BCUT2D eigenvalue weighted by Crippen LogP contribution is -2.49. The third kappa shape index (κ3) is 1.84. The average Bonchev–Trinajstić information content (AvgIpc) is 2.47. The van der Waals surface area contributed by atoms with Crippen LogP contribution in [-0.4, -0.2) is 18.2 Å². The quantitative estimate of drug-likeness (QED) is 0.669. The molecular weight excluding hydrogens is 190 g/mol. The van der Waals surface area contributed by atoms with Crippen LogP contribution < -0.4 is 5.32 Å². The molecular formula is C12H21NO2. The van der Waals surface area contributed by atoms with Crippen molar-refractivity contribution in [2.24, 2.45) is 11.3 Å². The van der Waals surface area contributed by atoms with Gasteiger partial charge in [-0.15, -0.1) is 0 Å². The minimum absolute atomic E-state index is 0.215. The summed E-state index contributed by atoms with van der Waals surface area (Å²) in [5.74, 6) is 0.484. The van der Waals surface area contributed by atoms with Crippen molar-refractivity contribution in [1.82, 2.24) is 5.32 Å². The van der Waals surface area contributed by atoms with Crippen molar-refractivity contribution in [2.75, 3.05) is 6.54 Å². The lowest BCUT2D eigenvalue weighted by molar-refractivity contribution is -0.0648. The number of alkyl carbamates (subject to hydrolysis) is 1. The zero-order valence-corrected chi connectivity index (χ0v) is 9.93. The monoisotopic (exact) mass is 211 g/mol. The van der Waals surface area contributed by atoms with E-state index in [0.717, 1.165) is 6.42 Å². The van der Waals surface area contributed by atoms with Crippen LogP contribution in [0.2, 0.25) is 0 Å². The van der Waals surface area contributed by atoms with E-state index in [1.165, 1.54) is 19.3 Å². The van der Waals surface area contributed by atoms with Crippen LogP contribution in [-0.2, 0) is 4.74 Å². The lowest BCUT2D eigenvalue weighted by atomic mass is 9.64. The first-order valence-electron chi connectivity index (χ1n) is 5.91. The van der Waals surface area contributed by atoms with Gasteiger partial charge in [0.05, 0.1) is 6.54 Å². The van der Waals surface area contributed by atoms with Gasteiger partial charge in [0.2, 0.25) is 0 Å². The highest BCUT2D eigenvalue weighted by Gasteiger charge is 2.52. The largest absolute Gasteiger partial charge is 0.441 e. The third-order valence-corrected chi connectivity index (χ3v) is 3.85. The van der Waals surface area contributed by atoms with Gasteiger partial charge in [0.15, 0.2) is 0 Å². The Kier molecular flexibility index (Phi) is 2.44. The maximum absolute atomic E-state index is 11.3. The molecule has 0 radical (unpaired) electrons. The number of amides is 1. The van der Waals surface area contributed by atoms with Gasteiger partial charge in [-0.05, 0) is 24.7 Å². The molecule has 2 unspecified atom stereocenters. The fourth-order valence-electron chi connectivity index (χ4n) is 3.24. The summed E-state index contributed by atoms with van der Waals surface area (Å²) in [4.78, 5) is 11.3. The third-order valence-electron chi connectivity index (χ3n) is 3.85. The van der Waals surface area contributed by atoms with E-state index in [9.17, 15) is 4.79 Å². The standard InChI is InChI=1S/C12H21NO2/c1-11(2,3)9-6-4-5-7-12(9)8-13-10(14)15-12/h9H,4-8H2,1-3H3,(H,13,14). The number of rotatable bonds is 0. The van der Waals surface area contributed by atoms with Gasteiger partial charge in [0, 0.05) is 5.92 Å². The molecule has 1 saturated carbocycles. The van der Waals surface area contributed by atoms with E-state index in [0.29, 0.717) is 12.5 Å². The van der Waals surface area contributed by atoms with Crippen molar-refractivity contribution in [3.05, 3.63) is 0 Å². The Morgan fingerprint density at radius 3 is 2.67 bits per heavy atom. The van der Waals surface area contributed by atoms with Gasteiger partial charge in [-0.1, -0.05) is 27.2 Å². The average molecular weight is 211 g/mol. The van der Waals surface area contributed by atoms with Crippen LogP contribution in [0.15, 0.2) is 0 Å². The van der Waals surface area contributed by atoms with Crippen LogP contribution in [0.5, 0.6) is 0 Å². The number of ether oxygens (including phenoxy) is 1. The zero-order valence-electron chi connectivity index (χ0n) is 9.93. The summed E-state index contributed by atoms with van der Waals surface area (Å²) in [6.07, 6.45) is 4.42. The fourth-order valence-corrected chi connectivity index (χ4v) is 3.24. The van der Waals surface area contributed by atoms with Crippen molar-refractivity contribution in [2.45, 2.75) is 52.1 Å². The van der Waals surface area contributed by atoms with Crippen LogP contribution in [0.3, 0.4) is 0 Å². The highest BCUT2D eigenvalue weighted by atomic mass is 16.6. The van der Waals surface area contributed by atoms with Crippen LogP contribution in [0.1, 0.15) is 46.5 Å². The molecule has 1 N–H and O–H groups in total. The molecule has 2 rings (SSSR count). The molecule has 1 saturated heterocycles. The maximum Gasteiger partial charge on any atom is 0.407 e. The number of hydrogen-bond donors (Lipinski definition) is 1. The summed E-state index contributed by atoms with van der Waals surface area (Å²) in [5, 5.41) is 2.82. The van der Waals surface area contributed by atoms with E-state index in [4.69, 9.17) is 4.74 Å². The molecule has 2 fully saturated rings. The van der Waals surface area contributed by atoms with Crippen molar-refractivity contribution < 1.29 is 9.53 Å². The Morgan fingerprint density at radius 1 is 1.40 bits per heavy atom. The van der Waals surface area contributed by atoms with Crippen molar-refractivity contribution in [3.63, 3.8) is 0 Å². The van der Waals surface area contributed by atoms with E-state index in [1.54, 1.807) is 0 Å². The first-order chi connectivity index (χ1) is 6.94. The molecule has 0 bridgehead atoms. The number of hydrogen-bond acceptors (Lipinski definition) is 2. The zero-order chi connectivity index (χ0) is 11.1. The van der Waals surface area contributed by atoms with E-state index in [1.807, 2.05) is 0 Å². The SMILES string of the molecule is CC(C)(C)C1CCCCC12CNC(=O)O2. The second kappa shape index (κ2) is 3.39. The topological polar surface area (TPSA) is 38.3 Å². The Morgan fingerprint density at radius 2 is 2.13 bits per heavy atom. The molecule has 0 aromatic heterocycles. The molecule has 2 atom stereocenters. The summed E-state index contributed by atoms with van der Waals surface area (Å²) >= 11 is 0. The van der Waals surface area contributed by atoms with E-state index in [2.05, 4.69) is 26.1 Å². The normalized spacial score (nSPS) is 36.5. The molecule has 2 aliphatic rings. The van der Waals surface area contributed by atoms with Gasteiger partial charge in [-0.2, -0.15) is 0 Å². The van der Waals surface area contributed by atoms with Gasteiger partial charge in [-0.25, -0.2) is 4.79 Å². The van der Waals surface area contributed by atoms with Crippen LogP contribution in [0.4, 0.5) is 4.79 Å². The van der Waals surface area contributed by atoms with Crippen LogP contribution in [0, 0.1) is 11.3 Å². The molecule has 1 spiro atoms. The molecule has 3 heteroatoms. The van der Waals surface area contributed by atoms with Gasteiger partial charge in [0.25, 0.3) is 0 Å². The molecule has 1 aliphatic carbocycles. The van der Waals surface area contributed by atoms with Crippen molar-refractivity contribution in [3.8, 4) is 0 Å². The minimum Gasteiger partial charge on any atom is -0.441 e. The summed E-state index contributed by atoms with van der Waals surface area (Å²) in [6, 6.07) is 0. The van der Waals surface area contributed by atoms with Gasteiger partial charge in [-0.3, -0.25) is 0 Å². The van der Waals surface area contributed by atoms with Gasteiger partial charge in [0.1, 0.15) is 5.60 Å². The minimum atomic E-state index is -0.230. The Balaban J connectivity index is 2.23. The summed E-state index contributed by atoms with van der Waals surface area (Å²) < 4.78 is 5.58. The summed E-state index contributed by atoms with van der Waals surface area (Å²) in [6.45, 7) is 7.44. The first kappa shape index (κ1) is 10.8. The molecule has 1 heterocycles. The van der Waals surface area contributed by atoms with Crippen molar-refractivity contribution >= 4 is 6.09 Å². The Bertz CT molecular complexity index is 269.